The zero-order chi connectivity index (χ0) is 13.5. The number of rotatable bonds is 7. The molecule has 0 aromatic carbocycles. The molecule has 3 N–H and O–H groups in total. The highest BCUT2D eigenvalue weighted by Crippen LogP contribution is 2.28. The Balaban J connectivity index is 2.35. The van der Waals surface area contributed by atoms with Gasteiger partial charge in [-0.3, -0.25) is 4.79 Å². The first-order valence-electron chi connectivity index (χ1n) is 7.36. The third-order valence-corrected chi connectivity index (χ3v) is 4.28. The molecule has 18 heavy (non-hydrogen) atoms. The van der Waals surface area contributed by atoms with Crippen LogP contribution in [0.5, 0.6) is 0 Å². The van der Waals surface area contributed by atoms with E-state index in [9.17, 15) is 9.90 Å². The van der Waals surface area contributed by atoms with E-state index in [1.807, 2.05) is 20.1 Å². The Hall–Kier alpha value is -0.410. The molecule has 0 aromatic heterocycles. The van der Waals surface area contributed by atoms with Crippen LogP contribution in [0.1, 0.15) is 58.8 Å². The molecule has 0 bridgehead atoms. The van der Waals surface area contributed by atoms with Gasteiger partial charge in [0.15, 0.2) is 0 Å². The third-order valence-electron chi connectivity index (χ3n) is 4.28. The lowest BCUT2D eigenvalue weighted by Crippen LogP contribution is -2.38. The van der Waals surface area contributed by atoms with Crippen LogP contribution in [0.25, 0.3) is 0 Å². The average Bonchev–Trinajstić information content (AvgIpc) is 2.36. The fourth-order valence-corrected chi connectivity index (χ4v) is 2.86. The minimum atomic E-state index is -0.569. The van der Waals surface area contributed by atoms with Crippen LogP contribution in [0.4, 0.5) is 0 Å². The molecule has 3 nitrogen and oxygen atoms in total. The highest BCUT2D eigenvalue weighted by atomic mass is 16.3. The Morgan fingerprint density at radius 1 is 1.28 bits per heavy atom. The van der Waals surface area contributed by atoms with E-state index in [1.54, 1.807) is 0 Å². The lowest BCUT2D eigenvalue weighted by molar-refractivity contribution is 0.103. The SMILES string of the molecule is CC(C)[C@@H]([C]=O)C[C@H](O)[C@@H](N)CC1CCCCC1. The van der Waals surface area contributed by atoms with Gasteiger partial charge in [0.2, 0.25) is 6.29 Å². The van der Waals surface area contributed by atoms with Crippen LogP contribution in [0.15, 0.2) is 0 Å². The topological polar surface area (TPSA) is 63.3 Å². The molecule has 0 amide bonds. The second-order valence-corrected chi connectivity index (χ2v) is 6.18. The van der Waals surface area contributed by atoms with Crippen LogP contribution in [0.2, 0.25) is 0 Å². The molecule has 105 valence electrons. The summed E-state index contributed by atoms with van der Waals surface area (Å²) in [6.07, 6.45) is 9.22. The van der Waals surface area contributed by atoms with E-state index >= 15 is 0 Å². The fraction of sp³-hybridized carbons (Fsp3) is 0.933. The fourth-order valence-electron chi connectivity index (χ4n) is 2.86. The van der Waals surface area contributed by atoms with Gasteiger partial charge in [-0.25, -0.2) is 0 Å². The van der Waals surface area contributed by atoms with Gasteiger partial charge in [-0.05, 0) is 24.7 Å². The summed E-state index contributed by atoms with van der Waals surface area (Å²) < 4.78 is 0. The monoisotopic (exact) mass is 254 g/mol. The molecule has 0 aliphatic heterocycles. The van der Waals surface area contributed by atoms with E-state index in [0.29, 0.717) is 12.3 Å². The molecule has 0 spiro atoms. The minimum Gasteiger partial charge on any atom is -0.391 e. The van der Waals surface area contributed by atoms with E-state index in [2.05, 4.69) is 0 Å². The van der Waals surface area contributed by atoms with Crippen molar-refractivity contribution in [2.75, 3.05) is 0 Å². The maximum absolute atomic E-state index is 10.8. The minimum absolute atomic E-state index is 0.192. The van der Waals surface area contributed by atoms with E-state index in [-0.39, 0.29) is 17.9 Å². The zero-order valence-corrected chi connectivity index (χ0v) is 11.8. The molecule has 0 aromatic rings. The summed E-state index contributed by atoms with van der Waals surface area (Å²) >= 11 is 0. The van der Waals surface area contributed by atoms with E-state index < -0.39 is 6.10 Å². The van der Waals surface area contributed by atoms with Crippen molar-refractivity contribution in [1.29, 1.82) is 0 Å². The molecule has 1 aliphatic carbocycles. The summed E-state index contributed by atoms with van der Waals surface area (Å²) in [5.41, 5.74) is 6.07. The van der Waals surface area contributed by atoms with E-state index in [4.69, 9.17) is 5.73 Å². The second-order valence-electron chi connectivity index (χ2n) is 6.18. The number of nitrogens with two attached hydrogens (primary N) is 1. The van der Waals surface area contributed by atoms with Crippen LogP contribution < -0.4 is 5.73 Å². The van der Waals surface area contributed by atoms with Crippen LogP contribution in [-0.2, 0) is 4.79 Å². The van der Waals surface area contributed by atoms with Crippen LogP contribution >= 0.6 is 0 Å². The molecular weight excluding hydrogens is 226 g/mol. The largest absolute Gasteiger partial charge is 0.391 e. The Morgan fingerprint density at radius 2 is 1.89 bits per heavy atom. The Bertz CT molecular complexity index is 237. The van der Waals surface area contributed by atoms with Crippen LogP contribution in [-0.4, -0.2) is 23.5 Å². The summed E-state index contributed by atoms with van der Waals surface area (Å²) in [6.45, 7) is 3.96. The molecule has 1 radical (unpaired) electrons. The molecule has 1 saturated carbocycles. The van der Waals surface area contributed by atoms with Crippen molar-refractivity contribution in [3.63, 3.8) is 0 Å². The smallest absolute Gasteiger partial charge is 0.202 e. The predicted molar refractivity (Wildman–Crippen MR) is 73.8 cm³/mol. The molecule has 0 unspecified atom stereocenters. The lowest BCUT2D eigenvalue weighted by Gasteiger charge is -2.28. The number of aliphatic hydroxyl groups excluding tert-OH is 1. The maximum Gasteiger partial charge on any atom is 0.202 e. The van der Waals surface area contributed by atoms with Gasteiger partial charge in [0.05, 0.1) is 6.10 Å². The van der Waals surface area contributed by atoms with Gasteiger partial charge in [0.25, 0.3) is 0 Å². The molecule has 0 heterocycles. The van der Waals surface area contributed by atoms with Crippen molar-refractivity contribution >= 4 is 6.29 Å². The Kier molecular flexibility index (Phi) is 6.87. The first-order chi connectivity index (χ1) is 8.54. The van der Waals surface area contributed by atoms with Crippen molar-refractivity contribution < 1.29 is 9.90 Å². The Labute approximate surface area is 111 Å². The standard InChI is InChI=1S/C15H28NO2/c1-11(2)13(10-17)9-15(18)14(16)8-12-6-4-3-5-7-12/h11-15,18H,3-9,16H2,1-2H3/t13-,14+,15+/m1/s1. The molecule has 1 fully saturated rings. The first-order valence-corrected chi connectivity index (χ1v) is 7.36. The summed E-state index contributed by atoms with van der Waals surface area (Å²) in [7, 11) is 0. The summed E-state index contributed by atoms with van der Waals surface area (Å²) in [6, 6.07) is -0.192. The number of hydrogen-bond donors (Lipinski definition) is 2. The molecule has 1 rings (SSSR count). The highest BCUT2D eigenvalue weighted by Gasteiger charge is 2.25. The number of carbonyl (C=O) groups excluding carboxylic acids is 1. The number of aliphatic hydroxyl groups is 1. The third kappa shape index (κ3) is 5.07. The van der Waals surface area contributed by atoms with Crippen molar-refractivity contribution in [2.45, 2.75) is 70.9 Å². The molecular formula is C15H28NO2. The van der Waals surface area contributed by atoms with Crippen molar-refractivity contribution in [2.24, 2.45) is 23.5 Å². The van der Waals surface area contributed by atoms with Crippen LogP contribution in [0, 0.1) is 17.8 Å². The van der Waals surface area contributed by atoms with Gasteiger partial charge in [0, 0.05) is 12.0 Å². The van der Waals surface area contributed by atoms with Gasteiger partial charge in [-0.2, -0.15) is 0 Å². The van der Waals surface area contributed by atoms with Crippen molar-refractivity contribution in [3.8, 4) is 0 Å². The predicted octanol–water partition coefficient (Wildman–Crippen LogP) is 2.42. The average molecular weight is 254 g/mol. The summed E-state index contributed by atoms with van der Waals surface area (Å²) in [5.74, 6) is 0.692. The molecule has 0 saturated heterocycles. The molecule has 3 atom stereocenters. The van der Waals surface area contributed by atoms with Gasteiger partial charge in [0.1, 0.15) is 0 Å². The van der Waals surface area contributed by atoms with Gasteiger partial charge in [-0.15, -0.1) is 0 Å². The highest BCUT2D eigenvalue weighted by molar-refractivity contribution is 5.54. The molecule has 3 heteroatoms. The first kappa shape index (κ1) is 15.6. The van der Waals surface area contributed by atoms with E-state index in [0.717, 1.165) is 6.42 Å². The second kappa shape index (κ2) is 7.90. The molecule has 1 aliphatic rings. The Morgan fingerprint density at radius 3 is 2.39 bits per heavy atom. The number of hydrogen-bond acceptors (Lipinski definition) is 3. The van der Waals surface area contributed by atoms with Crippen molar-refractivity contribution in [1.82, 2.24) is 0 Å². The van der Waals surface area contributed by atoms with Gasteiger partial charge >= 0.3 is 0 Å². The van der Waals surface area contributed by atoms with E-state index in [1.165, 1.54) is 32.1 Å². The van der Waals surface area contributed by atoms with Gasteiger partial charge in [-0.1, -0.05) is 46.0 Å². The van der Waals surface area contributed by atoms with Crippen LogP contribution in [0.3, 0.4) is 0 Å². The normalized spacial score (nSPS) is 22.7. The quantitative estimate of drug-likeness (QED) is 0.733. The zero-order valence-electron chi connectivity index (χ0n) is 11.8. The lowest BCUT2D eigenvalue weighted by atomic mass is 9.82. The summed E-state index contributed by atoms with van der Waals surface area (Å²) in [5, 5.41) is 10.1. The summed E-state index contributed by atoms with van der Waals surface area (Å²) in [4.78, 5) is 10.8. The van der Waals surface area contributed by atoms with Gasteiger partial charge < -0.3 is 10.8 Å². The van der Waals surface area contributed by atoms with Crippen molar-refractivity contribution in [3.05, 3.63) is 0 Å². The maximum atomic E-state index is 10.8.